The highest BCUT2D eigenvalue weighted by molar-refractivity contribution is 5.73. The van der Waals surface area contributed by atoms with Gasteiger partial charge in [-0.2, -0.15) is 5.10 Å². The largest absolute Gasteiger partial charge is 0.338 e. The third-order valence-electron chi connectivity index (χ3n) is 3.65. The SMILES string of the molecule is O=C(NCCc1ccccc1)NCc1cnn(-c2ccccc2)c1. The van der Waals surface area contributed by atoms with Gasteiger partial charge in [-0.1, -0.05) is 48.5 Å². The lowest BCUT2D eigenvalue weighted by molar-refractivity contribution is 0.240. The van der Waals surface area contributed by atoms with Gasteiger partial charge in [0, 0.05) is 24.8 Å². The molecule has 0 fully saturated rings. The van der Waals surface area contributed by atoms with Crippen molar-refractivity contribution in [2.24, 2.45) is 0 Å². The Morgan fingerprint density at radius 3 is 2.38 bits per heavy atom. The van der Waals surface area contributed by atoms with Crippen LogP contribution in [-0.4, -0.2) is 22.4 Å². The monoisotopic (exact) mass is 320 g/mol. The van der Waals surface area contributed by atoms with Crippen LogP contribution in [0.4, 0.5) is 4.79 Å². The Morgan fingerprint density at radius 2 is 1.62 bits per heavy atom. The highest BCUT2D eigenvalue weighted by atomic mass is 16.2. The van der Waals surface area contributed by atoms with Crippen LogP contribution in [0.1, 0.15) is 11.1 Å². The number of amides is 2. The summed E-state index contributed by atoms with van der Waals surface area (Å²) in [5.74, 6) is 0. The molecule has 0 saturated heterocycles. The van der Waals surface area contributed by atoms with Gasteiger partial charge in [0.25, 0.3) is 0 Å². The van der Waals surface area contributed by atoms with E-state index in [1.54, 1.807) is 10.9 Å². The minimum atomic E-state index is -0.168. The number of urea groups is 1. The predicted octanol–water partition coefficient (Wildman–Crippen LogP) is 2.91. The van der Waals surface area contributed by atoms with E-state index in [-0.39, 0.29) is 6.03 Å². The van der Waals surface area contributed by atoms with Crippen LogP contribution in [0.15, 0.2) is 73.1 Å². The van der Waals surface area contributed by atoms with Crippen molar-refractivity contribution in [3.63, 3.8) is 0 Å². The first-order valence-corrected chi connectivity index (χ1v) is 7.96. The number of hydrogen-bond acceptors (Lipinski definition) is 2. The third kappa shape index (κ3) is 4.46. The highest BCUT2D eigenvalue weighted by Crippen LogP contribution is 2.07. The number of nitrogens with zero attached hydrogens (tertiary/aromatic N) is 2. The van der Waals surface area contributed by atoms with Gasteiger partial charge in [0.15, 0.2) is 0 Å². The maximum Gasteiger partial charge on any atom is 0.315 e. The number of aromatic nitrogens is 2. The van der Waals surface area contributed by atoms with E-state index in [1.165, 1.54) is 5.56 Å². The zero-order valence-corrected chi connectivity index (χ0v) is 13.4. The molecule has 2 N–H and O–H groups in total. The molecule has 5 heteroatoms. The molecular weight excluding hydrogens is 300 g/mol. The number of benzene rings is 2. The Balaban J connectivity index is 1.42. The van der Waals surface area contributed by atoms with E-state index < -0.39 is 0 Å². The van der Waals surface area contributed by atoms with Gasteiger partial charge < -0.3 is 10.6 Å². The summed E-state index contributed by atoms with van der Waals surface area (Å²) in [4.78, 5) is 11.8. The van der Waals surface area contributed by atoms with Crippen molar-refractivity contribution in [2.45, 2.75) is 13.0 Å². The van der Waals surface area contributed by atoms with Gasteiger partial charge in [0.2, 0.25) is 0 Å². The van der Waals surface area contributed by atoms with E-state index >= 15 is 0 Å². The summed E-state index contributed by atoms with van der Waals surface area (Å²) in [6.07, 6.45) is 4.50. The normalized spacial score (nSPS) is 10.3. The second-order valence-corrected chi connectivity index (χ2v) is 5.47. The molecule has 5 nitrogen and oxygen atoms in total. The molecule has 1 aromatic heterocycles. The van der Waals surface area contributed by atoms with Crippen LogP contribution >= 0.6 is 0 Å². The molecule has 3 rings (SSSR count). The fraction of sp³-hybridized carbons (Fsp3) is 0.158. The molecule has 0 radical (unpaired) electrons. The first kappa shape index (κ1) is 15.8. The second kappa shape index (κ2) is 7.97. The summed E-state index contributed by atoms with van der Waals surface area (Å²) in [6.45, 7) is 1.06. The van der Waals surface area contributed by atoms with Gasteiger partial charge in [0.05, 0.1) is 11.9 Å². The van der Waals surface area contributed by atoms with E-state index in [9.17, 15) is 4.79 Å². The molecule has 0 aliphatic carbocycles. The maximum atomic E-state index is 11.8. The average Bonchev–Trinajstić information content (AvgIpc) is 3.11. The number of rotatable bonds is 6. The zero-order valence-electron chi connectivity index (χ0n) is 13.4. The molecule has 2 amide bonds. The lowest BCUT2D eigenvalue weighted by Crippen LogP contribution is -2.36. The molecule has 24 heavy (non-hydrogen) atoms. The predicted molar refractivity (Wildman–Crippen MR) is 93.9 cm³/mol. The Hall–Kier alpha value is -3.08. The van der Waals surface area contributed by atoms with Crippen LogP contribution in [-0.2, 0) is 13.0 Å². The molecule has 0 bridgehead atoms. The molecule has 0 aliphatic rings. The quantitative estimate of drug-likeness (QED) is 0.734. The topological polar surface area (TPSA) is 59.0 Å². The second-order valence-electron chi connectivity index (χ2n) is 5.47. The van der Waals surface area contributed by atoms with E-state index in [2.05, 4.69) is 27.9 Å². The Labute approximate surface area is 141 Å². The summed E-state index contributed by atoms with van der Waals surface area (Å²) in [5, 5.41) is 10.0. The number of carbonyl (C=O) groups is 1. The van der Waals surface area contributed by atoms with Crippen LogP contribution < -0.4 is 10.6 Å². The smallest absolute Gasteiger partial charge is 0.315 e. The van der Waals surface area contributed by atoms with Crippen molar-refractivity contribution in [1.82, 2.24) is 20.4 Å². The highest BCUT2D eigenvalue weighted by Gasteiger charge is 2.03. The molecular formula is C19H20N4O. The Kier molecular flexibility index (Phi) is 5.24. The molecule has 0 atom stereocenters. The van der Waals surface area contributed by atoms with Gasteiger partial charge >= 0.3 is 6.03 Å². The summed E-state index contributed by atoms with van der Waals surface area (Å²) in [5.41, 5.74) is 3.16. The van der Waals surface area contributed by atoms with E-state index in [4.69, 9.17) is 0 Å². The molecule has 0 aliphatic heterocycles. The lowest BCUT2D eigenvalue weighted by atomic mass is 10.1. The zero-order chi connectivity index (χ0) is 16.6. The van der Waals surface area contributed by atoms with Crippen molar-refractivity contribution in [3.05, 3.63) is 84.2 Å². The minimum Gasteiger partial charge on any atom is -0.338 e. The number of hydrogen-bond donors (Lipinski definition) is 2. The van der Waals surface area contributed by atoms with Gasteiger partial charge in [-0.15, -0.1) is 0 Å². The number of nitrogens with one attached hydrogen (secondary N) is 2. The van der Waals surface area contributed by atoms with Gasteiger partial charge in [-0.05, 0) is 24.1 Å². The van der Waals surface area contributed by atoms with Crippen molar-refractivity contribution in [1.29, 1.82) is 0 Å². The van der Waals surface area contributed by atoms with Crippen LogP contribution in [0.3, 0.4) is 0 Å². The number of carbonyl (C=O) groups excluding carboxylic acids is 1. The average molecular weight is 320 g/mol. The molecule has 2 aromatic carbocycles. The molecule has 0 saturated carbocycles. The molecule has 0 unspecified atom stereocenters. The van der Waals surface area contributed by atoms with Crippen LogP contribution in [0.25, 0.3) is 5.69 Å². The summed E-state index contributed by atoms with van der Waals surface area (Å²) >= 11 is 0. The van der Waals surface area contributed by atoms with Crippen molar-refractivity contribution < 1.29 is 4.79 Å². The number of para-hydroxylation sites is 1. The molecule has 3 aromatic rings. The minimum absolute atomic E-state index is 0.168. The fourth-order valence-electron chi connectivity index (χ4n) is 2.38. The van der Waals surface area contributed by atoms with Crippen molar-refractivity contribution in [2.75, 3.05) is 6.54 Å². The van der Waals surface area contributed by atoms with E-state index in [0.717, 1.165) is 17.7 Å². The maximum absolute atomic E-state index is 11.8. The third-order valence-corrected chi connectivity index (χ3v) is 3.65. The van der Waals surface area contributed by atoms with Crippen molar-refractivity contribution >= 4 is 6.03 Å². The van der Waals surface area contributed by atoms with Crippen molar-refractivity contribution in [3.8, 4) is 5.69 Å². The summed E-state index contributed by atoms with van der Waals surface area (Å²) in [6, 6.07) is 19.8. The fourth-order valence-corrected chi connectivity index (χ4v) is 2.38. The van der Waals surface area contributed by atoms with Crippen LogP contribution in [0, 0.1) is 0 Å². The lowest BCUT2D eigenvalue weighted by Gasteiger charge is -2.06. The Bertz CT molecular complexity index is 768. The first-order chi connectivity index (χ1) is 11.8. The molecule has 0 spiro atoms. The molecule has 122 valence electrons. The van der Waals surface area contributed by atoms with Gasteiger partial charge in [-0.3, -0.25) is 0 Å². The van der Waals surface area contributed by atoms with Gasteiger partial charge in [-0.25, -0.2) is 9.48 Å². The van der Waals surface area contributed by atoms with Crippen LogP contribution in [0.2, 0.25) is 0 Å². The summed E-state index contributed by atoms with van der Waals surface area (Å²) in [7, 11) is 0. The molecule has 1 heterocycles. The Morgan fingerprint density at radius 1 is 0.917 bits per heavy atom. The summed E-state index contributed by atoms with van der Waals surface area (Å²) < 4.78 is 1.80. The van der Waals surface area contributed by atoms with Gasteiger partial charge in [0.1, 0.15) is 0 Å². The van der Waals surface area contributed by atoms with E-state index in [1.807, 2.05) is 54.7 Å². The van der Waals surface area contributed by atoms with E-state index in [0.29, 0.717) is 13.1 Å². The van der Waals surface area contributed by atoms with Crippen LogP contribution in [0.5, 0.6) is 0 Å². The first-order valence-electron chi connectivity index (χ1n) is 7.96. The standard InChI is InChI=1S/C19H20N4O/c24-19(20-12-11-16-7-3-1-4-8-16)21-13-17-14-22-23(15-17)18-9-5-2-6-10-18/h1-10,14-15H,11-13H2,(H2,20,21,24).